The van der Waals surface area contributed by atoms with Gasteiger partial charge in [0.05, 0.1) is 6.54 Å². The number of aliphatic imine (C=N–C) groups is 1. The van der Waals surface area contributed by atoms with Crippen LogP contribution in [0.3, 0.4) is 0 Å². The van der Waals surface area contributed by atoms with Crippen LogP contribution in [0.5, 0.6) is 0 Å². The summed E-state index contributed by atoms with van der Waals surface area (Å²) in [5, 5.41) is 8.46. The molecule has 1 aromatic heterocycles. The summed E-state index contributed by atoms with van der Waals surface area (Å²) in [6.45, 7) is 1.39. The third kappa shape index (κ3) is 4.35. The van der Waals surface area contributed by atoms with Crippen molar-refractivity contribution in [1.29, 1.82) is 0 Å². The van der Waals surface area contributed by atoms with E-state index >= 15 is 0 Å². The van der Waals surface area contributed by atoms with Gasteiger partial charge < -0.3 is 10.6 Å². The Balaban J connectivity index is 1.75. The number of hydrogen-bond donors (Lipinski definition) is 2. The molecule has 0 fully saturated rings. The summed E-state index contributed by atoms with van der Waals surface area (Å²) in [5.41, 5.74) is 0.716. The second kappa shape index (κ2) is 7.65. The molecule has 0 radical (unpaired) electrons. The lowest BCUT2D eigenvalue weighted by molar-refractivity contribution is 0.607. The molecular formula is C15H18FN3S. The molecule has 0 spiro atoms. The van der Waals surface area contributed by atoms with E-state index in [1.807, 2.05) is 17.5 Å². The van der Waals surface area contributed by atoms with E-state index in [1.165, 1.54) is 10.9 Å². The summed E-state index contributed by atoms with van der Waals surface area (Å²) in [6.07, 6.45) is 0.631. The lowest BCUT2D eigenvalue weighted by Gasteiger charge is -2.11. The quantitative estimate of drug-likeness (QED) is 0.656. The number of halogens is 1. The molecule has 3 nitrogen and oxygen atoms in total. The molecule has 0 aliphatic rings. The van der Waals surface area contributed by atoms with Crippen LogP contribution in [0.15, 0.2) is 46.8 Å². The van der Waals surface area contributed by atoms with Gasteiger partial charge in [0.15, 0.2) is 5.96 Å². The Morgan fingerprint density at radius 3 is 2.75 bits per heavy atom. The van der Waals surface area contributed by atoms with Gasteiger partial charge in [0, 0.05) is 18.5 Å². The second-order valence-electron chi connectivity index (χ2n) is 4.27. The summed E-state index contributed by atoms with van der Waals surface area (Å²) in [5.74, 6) is 0.575. The molecule has 0 bridgehead atoms. The van der Waals surface area contributed by atoms with Crippen LogP contribution in [-0.4, -0.2) is 19.6 Å². The fourth-order valence-electron chi connectivity index (χ4n) is 1.82. The Morgan fingerprint density at radius 2 is 2.05 bits per heavy atom. The van der Waals surface area contributed by atoms with Crippen molar-refractivity contribution in [2.45, 2.75) is 13.0 Å². The van der Waals surface area contributed by atoms with E-state index in [0.717, 1.165) is 12.5 Å². The van der Waals surface area contributed by atoms with Crippen molar-refractivity contribution in [3.05, 3.63) is 58.0 Å². The van der Waals surface area contributed by atoms with E-state index in [1.54, 1.807) is 30.5 Å². The van der Waals surface area contributed by atoms with E-state index in [2.05, 4.69) is 21.7 Å². The highest BCUT2D eigenvalue weighted by Crippen LogP contribution is 2.07. The van der Waals surface area contributed by atoms with Gasteiger partial charge in [0.25, 0.3) is 0 Å². The minimum Gasteiger partial charge on any atom is -0.356 e. The zero-order chi connectivity index (χ0) is 14.2. The molecule has 2 aromatic rings. The van der Waals surface area contributed by atoms with Crippen LogP contribution in [0.2, 0.25) is 0 Å². The Labute approximate surface area is 122 Å². The first-order valence-corrected chi connectivity index (χ1v) is 7.38. The molecule has 0 saturated carbocycles. The lowest BCUT2D eigenvalue weighted by Crippen LogP contribution is -2.37. The average molecular weight is 291 g/mol. The summed E-state index contributed by atoms with van der Waals surface area (Å²) in [6, 6.07) is 10.9. The highest BCUT2D eigenvalue weighted by atomic mass is 32.1. The van der Waals surface area contributed by atoms with Gasteiger partial charge in [-0.15, -0.1) is 11.3 Å². The fraction of sp³-hybridized carbons (Fsp3) is 0.267. The van der Waals surface area contributed by atoms with E-state index in [-0.39, 0.29) is 5.82 Å². The van der Waals surface area contributed by atoms with Crippen molar-refractivity contribution < 1.29 is 4.39 Å². The monoisotopic (exact) mass is 291 g/mol. The number of thiophene rings is 1. The first-order valence-electron chi connectivity index (χ1n) is 6.50. The molecule has 106 valence electrons. The molecule has 1 heterocycles. The maximum Gasteiger partial charge on any atom is 0.191 e. The van der Waals surface area contributed by atoms with Gasteiger partial charge in [-0.05, 0) is 29.5 Å². The minimum absolute atomic E-state index is 0.157. The number of nitrogens with one attached hydrogen (secondary N) is 2. The van der Waals surface area contributed by atoms with Gasteiger partial charge in [-0.1, -0.05) is 24.3 Å². The summed E-state index contributed by atoms with van der Waals surface area (Å²) >= 11 is 1.70. The van der Waals surface area contributed by atoms with E-state index in [9.17, 15) is 4.39 Å². The van der Waals surface area contributed by atoms with Crippen LogP contribution >= 0.6 is 11.3 Å². The van der Waals surface area contributed by atoms with Crippen LogP contribution in [-0.2, 0) is 13.0 Å². The predicted octanol–water partition coefficient (Wildman–Crippen LogP) is 2.79. The summed E-state index contributed by atoms with van der Waals surface area (Å²) in [4.78, 5) is 5.40. The van der Waals surface area contributed by atoms with Gasteiger partial charge >= 0.3 is 0 Å². The minimum atomic E-state index is -0.157. The Bertz CT molecular complexity index is 552. The van der Waals surface area contributed by atoms with Gasteiger partial charge in [-0.3, -0.25) is 4.99 Å². The zero-order valence-electron chi connectivity index (χ0n) is 11.4. The number of rotatable bonds is 5. The second-order valence-corrected chi connectivity index (χ2v) is 5.31. The number of hydrogen-bond acceptors (Lipinski definition) is 2. The van der Waals surface area contributed by atoms with Crippen molar-refractivity contribution in [3.63, 3.8) is 0 Å². The van der Waals surface area contributed by atoms with Crippen molar-refractivity contribution in [1.82, 2.24) is 10.6 Å². The molecular weight excluding hydrogens is 273 g/mol. The fourth-order valence-corrected chi connectivity index (χ4v) is 2.47. The predicted molar refractivity (Wildman–Crippen MR) is 82.6 cm³/mol. The topological polar surface area (TPSA) is 36.4 Å². The molecule has 5 heteroatoms. The van der Waals surface area contributed by atoms with Crippen molar-refractivity contribution in [2.24, 2.45) is 4.99 Å². The third-order valence-electron chi connectivity index (χ3n) is 2.88. The van der Waals surface area contributed by atoms with E-state index in [0.29, 0.717) is 18.5 Å². The van der Waals surface area contributed by atoms with Crippen LogP contribution in [0.1, 0.15) is 10.4 Å². The number of guanidine groups is 1. The van der Waals surface area contributed by atoms with Crippen LogP contribution in [0.25, 0.3) is 0 Å². The third-order valence-corrected chi connectivity index (χ3v) is 3.75. The largest absolute Gasteiger partial charge is 0.356 e. The molecule has 0 atom stereocenters. The molecule has 20 heavy (non-hydrogen) atoms. The smallest absolute Gasteiger partial charge is 0.191 e. The zero-order valence-corrected chi connectivity index (χ0v) is 12.2. The number of nitrogens with zero attached hydrogens (tertiary/aromatic N) is 1. The summed E-state index contributed by atoms with van der Waals surface area (Å²) in [7, 11) is 1.73. The standard InChI is InChI=1S/C15H18FN3S/c1-17-15(19-11-13-6-4-10-20-13)18-9-8-12-5-2-3-7-14(12)16/h2-7,10H,8-9,11H2,1H3,(H2,17,18,19). The highest BCUT2D eigenvalue weighted by molar-refractivity contribution is 7.09. The molecule has 0 saturated heterocycles. The molecule has 1 aromatic carbocycles. The van der Waals surface area contributed by atoms with Crippen LogP contribution in [0, 0.1) is 5.82 Å². The number of benzene rings is 1. The summed E-state index contributed by atoms with van der Waals surface area (Å²) < 4.78 is 13.5. The first-order chi connectivity index (χ1) is 9.79. The van der Waals surface area contributed by atoms with Gasteiger partial charge in [0.1, 0.15) is 5.82 Å². The Kier molecular flexibility index (Phi) is 5.55. The molecule has 2 rings (SSSR count). The molecule has 0 aliphatic carbocycles. The molecule has 0 amide bonds. The van der Waals surface area contributed by atoms with Crippen LogP contribution < -0.4 is 10.6 Å². The van der Waals surface area contributed by atoms with Crippen LogP contribution in [0.4, 0.5) is 4.39 Å². The van der Waals surface area contributed by atoms with Gasteiger partial charge in [-0.2, -0.15) is 0 Å². The van der Waals surface area contributed by atoms with E-state index in [4.69, 9.17) is 0 Å². The van der Waals surface area contributed by atoms with Gasteiger partial charge in [0.2, 0.25) is 0 Å². The normalized spacial score (nSPS) is 11.4. The maximum atomic E-state index is 13.5. The van der Waals surface area contributed by atoms with Crippen molar-refractivity contribution >= 4 is 17.3 Å². The maximum absolute atomic E-state index is 13.5. The molecule has 2 N–H and O–H groups in total. The SMILES string of the molecule is CN=C(NCCc1ccccc1F)NCc1cccs1. The van der Waals surface area contributed by atoms with E-state index < -0.39 is 0 Å². The molecule has 0 aliphatic heterocycles. The van der Waals surface area contributed by atoms with Crippen molar-refractivity contribution in [2.75, 3.05) is 13.6 Å². The van der Waals surface area contributed by atoms with Gasteiger partial charge in [-0.25, -0.2) is 4.39 Å². The first kappa shape index (κ1) is 14.5. The van der Waals surface area contributed by atoms with Crippen molar-refractivity contribution in [3.8, 4) is 0 Å². The molecule has 0 unspecified atom stereocenters. The Hall–Kier alpha value is -1.88. The average Bonchev–Trinajstić information content (AvgIpc) is 2.98. The highest BCUT2D eigenvalue weighted by Gasteiger charge is 2.02. The Morgan fingerprint density at radius 1 is 1.20 bits per heavy atom. The lowest BCUT2D eigenvalue weighted by atomic mass is 10.1.